The summed E-state index contributed by atoms with van der Waals surface area (Å²) in [5.74, 6) is 0.473. The molecule has 1 aromatic heterocycles. The van der Waals surface area contributed by atoms with Crippen LogP contribution in [0.2, 0.25) is 0 Å². The lowest BCUT2D eigenvalue weighted by Crippen LogP contribution is -2.40. The summed E-state index contributed by atoms with van der Waals surface area (Å²) in [4.78, 5) is 21.2. The zero-order valence-corrected chi connectivity index (χ0v) is 19.1. The highest BCUT2D eigenvalue weighted by Crippen LogP contribution is 2.26. The number of hydrogen-bond acceptors (Lipinski definition) is 5. The molecule has 2 N–H and O–H groups in total. The molecule has 2 unspecified atom stereocenters. The number of nitrogens with zero attached hydrogens (tertiary/aromatic N) is 2. The van der Waals surface area contributed by atoms with Gasteiger partial charge in [0.1, 0.15) is 5.82 Å². The molecule has 9 heteroatoms. The van der Waals surface area contributed by atoms with E-state index in [0.29, 0.717) is 37.7 Å². The van der Waals surface area contributed by atoms with Crippen LogP contribution in [0.4, 0.5) is 0 Å². The van der Waals surface area contributed by atoms with Gasteiger partial charge in [0, 0.05) is 18.7 Å². The number of ether oxygens (including phenoxy) is 1. The molecule has 1 aliphatic rings. The number of hydrogen-bond donors (Lipinski definition) is 2. The monoisotopic (exact) mass is 456 g/mol. The van der Waals surface area contributed by atoms with E-state index in [0.717, 1.165) is 17.5 Å². The highest BCUT2D eigenvalue weighted by atomic mass is 32.2. The van der Waals surface area contributed by atoms with E-state index in [-0.39, 0.29) is 22.8 Å². The van der Waals surface area contributed by atoms with E-state index >= 15 is 0 Å². The number of morpholine rings is 1. The Kier molecular flexibility index (Phi) is 6.59. The Morgan fingerprint density at radius 3 is 2.66 bits per heavy atom. The molecule has 0 saturated carbocycles. The molecule has 4 rings (SSSR count). The smallest absolute Gasteiger partial charge is 0.251 e. The quantitative estimate of drug-likeness (QED) is 0.569. The minimum atomic E-state index is -3.68. The molecule has 32 heavy (non-hydrogen) atoms. The molecule has 0 aliphatic carbocycles. The third-order valence-corrected chi connectivity index (χ3v) is 7.80. The van der Waals surface area contributed by atoms with E-state index in [1.807, 2.05) is 24.3 Å². The zero-order chi connectivity index (χ0) is 22.7. The molecule has 2 aromatic carbocycles. The molecule has 3 aromatic rings. The number of imidazole rings is 1. The molecule has 170 valence electrons. The van der Waals surface area contributed by atoms with E-state index in [4.69, 9.17) is 4.74 Å². The van der Waals surface area contributed by atoms with Gasteiger partial charge in [0.15, 0.2) is 0 Å². The van der Waals surface area contributed by atoms with Crippen LogP contribution in [0, 0.1) is 5.92 Å². The number of amides is 1. The lowest BCUT2D eigenvalue weighted by atomic mass is 9.98. The van der Waals surface area contributed by atoms with Crippen molar-refractivity contribution in [3.05, 3.63) is 59.9 Å². The van der Waals surface area contributed by atoms with Crippen molar-refractivity contribution in [2.45, 2.75) is 31.2 Å². The van der Waals surface area contributed by atoms with Gasteiger partial charge in [0.25, 0.3) is 5.91 Å². The van der Waals surface area contributed by atoms with Crippen molar-refractivity contribution in [1.82, 2.24) is 19.6 Å². The van der Waals surface area contributed by atoms with Crippen molar-refractivity contribution in [3.63, 3.8) is 0 Å². The van der Waals surface area contributed by atoms with Crippen LogP contribution in [0.5, 0.6) is 0 Å². The van der Waals surface area contributed by atoms with Crippen molar-refractivity contribution in [2.24, 2.45) is 5.92 Å². The number of nitrogens with one attached hydrogen (secondary N) is 2. The second kappa shape index (κ2) is 9.40. The first-order valence-corrected chi connectivity index (χ1v) is 12.3. The maximum atomic E-state index is 13.1. The number of rotatable bonds is 7. The van der Waals surface area contributed by atoms with Gasteiger partial charge in [-0.05, 0) is 36.2 Å². The van der Waals surface area contributed by atoms with E-state index in [2.05, 4.69) is 29.1 Å². The van der Waals surface area contributed by atoms with E-state index in [1.165, 1.54) is 16.4 Å². The minimum absolute atomic E-state index is 0.107. The van der Waals surface area contributed by atoms with Crippen LogP contribution in [0.25, 0.3) is 11.0 Å². The summed E-state index contributed by atoms with van der Waals surface area (Å²) in [6.07, 6.45) is 0.841. The Morgan fingerprint density at radius 2 is 1.94 bits per heavy atom. The Morgan fingerprint density at radius 1 is 1.19 bits per heavy atom. The Hall–Kier alpha value is -2.75. The second-order valence-corrected chi connectivity index (χ2v) is 9.96. The Labute approximate surface area is 188 Å². The van der Waals surface area contributed by atoms with Crippen LogP contribution in [0.15, 0.2) is 53.4 Å². The van der Waals surface area contributed by atoms with Gasteiger partial charge in [0.05, 0.1) is 35.2 Å². The third kappa shape index (κ3) is 4.55. The summed E-state index contributed by atoms with van der Waals surface area (Å²) in [6, 6.07) is 13.6. The minimum Gasteiger partial charge on any atom is -0.379 e. The van der Waals surface area contributed by atoms with Gasteiger partial charge in [-0.2, -0.15) is 4.31 Å². The molecule has 0 bridgehead atoms. The topological polar surface area (TPSA) is 104 Å². The molecule has 0 radical (unpaired) electrons. The molecule has 1 fully saturated rings. The molecular weight excluding hydrogens is 428 g/mol. The van der Waals surface area contributed by atoms with Crippen molar-refractivity contribution in [1.29, 1.82) is 0 Å². The van der Waals surface area contributed by atoms with Crippen molar-refractivity contribution in [2.75, 3.05) is 26.3 Å². The van der Waals surface area contributed by atoms with Crippen LogP contribution in [0.3, 0.4) is 0 Å². The highest BCUT2D eigenvalue weighted by Gasteiger charge is 2.28. The average Bonchev–Trinajstić information content (AvgIpc) is 3.26. The molecule has 2 heterocycles. The number of para-hydroxylation sites is 2. The standard InChI is InChI=1S/C23H28N4O4S/c1-3-16(2)21(22-24-19-9-4-5-10-20(19)25-22)26-23(28)17-7-6-8-18(15-17)32(29,30)27-11-13-31-14-12-27/h4-10,15-16,21H,3,11-14H2,1-2H3,(H,24,25)(H,26,28). The fourth-order valence-electron chi connectivity index (χ4n) is 3.79. The van der Waals surface area contributed by atoms with Crippen molar-refractivity contribution < 1.29 is 17.9 Å². The molecular formula is C23H28N4O4S. The Bertz CT molecular complexity index is 1170. The molecule has 1 aliphatic heterocycles. The second-order valence-electron chi connectivity index (χ2n) is 8.02. The summed E-state index contributed by atoms with van der Waals surface area (Å²) >= 11 is 0. The van der Waals surface area contributed by atoms with Gasteiger partial charge in [-0.3, -0.25) is 4.79 Å². The van der Waals surface area contributed by atoms with Gasteiger partial charge in [-0.25, -0.2) is 13.4 Å². The fraction of sp³-hybridized carbons (Fsp3) is 0.391. The largest absolute Gasteiger partial charge is 0.379 e. The number of aromatic amines is 1. The molecule has 2 atom stereocenters. The van der Waals surface area contributed by atoms with Gasteiger partial charge < -0.3 is 15.0 Å². The summed E-state index contributed by atoms with van der Waals surface area (Å²) in [5.41, 5.74) is 2.04. The lowest BCUT2D eigenvalue weighted by molar-refractivity contribution is 0.0730. The number of fused-ring (bicyclic) bond motifs is 1. The predicted molar refractivity (Wildman–Crippen MR) is 122 cm³/mol. The van der Waals surface area contributed by atoms with Crippen LogP contribution in [0.1, 0.15) is 42.5 Å². The van der Waals surface area contributed by atoms with Crippen LogP contribution >= 0.6 is 0 Å². The predicted octanol–water partition coefficient (Wildman–Crippen LogP) is 3.10. The maximum Gasteiger partial charge on any atom is 0.251 e. The first-order valence-electron chi connectivity index (χ1n) is 10.8. The first-order chi connectivity index (χ1) is 15.4. The fourth-order valence-corrected chi connectivity index (χ4v) is 5.25. The molecule has 8 nitrogen and oxygen atoms in total. The SMILES string of the molecule is CCC(C)C(NC(=O)c1cccc(S(=O)(=O)N2CCOCC2)c1)c1nc2ccccc2[nH]1. The van der Waals surface area contributed by atoms with Gasteiger partial charge in [-0.1, -0.05) is 38.5 Å². The van der Waals surface area contributed by atoms with E-state index < -0.39 is 10.0 Å². The van der Waals surface area contributed by atoms with Gasteiger partial charge in [0.2, 0.25) is 10.0 Å². The van der Waals surface area contributed by atoms with Crippen molar-refractivity contribution in [3.8, 4) is 0 Å². The summed E-state index contributed by atoms with van der Waals surface area (Å²) in [5, 5.41) is 3.06. The van der Waals surface area contributed by atoms with Crippen LogP contribution in [-0.4, -0.2) is 54.9 Å². The number of aromatic nitrogens is 2. The van der Waals surface area contributed by atoms with Gasteiger partial charge in [-0.15, -0.1) is 0 Å². The highest BCUT2D eigenvalue weighted by molar-refractivity contribution is 7.89. The zero-order valence-electron chi connectivity index (χ0n) is 18.2. The summed E-state index contributed by atoms with van der Waals surface area (Å²) in [6.45, 7) is 5.46. The number of benzene rings is 2. The van der Waals surface area contributed by atoms with E-state index in [9.17, 15) is 13.2 Å². The number of carbonyl (C=O) groups is 1. The number of carbonyl (C=O) groups excluding carboxylic acids is 1. The molecule has 0 spiro atoms. The van der Waals surface area contributed by atoms with Crippen molar-refractivity contribution >= 4 is 27.0 Å². The number of sulfonamides is 1. The normalized spacial score (nSPS) is 17.2. The van der Waals surface area contributed by atoms with Crippen LogP contribution in [-0.2, 0) is 14.8 Å². The lowest BCUT2D eigenvalue weighted by Gasteiger charge is -2.26. The van der Waals surface area contributed by atoms with Gasteiger partial charge >= 0.3 is 0 Å². The molecule has 1 amide bonds. The van der Waals surface area contributed by atoms with E-state index in [1.54, 1.807) is 12.1 Å². The summed E-state index contributed by atoms with van der Waals surface area (Å²) < 4.78 is 32.6. The third-order valence-electron chi connectivity index (χ3n) is 5.91. The summed E-state index contributed by atoms with van der Waals surface area (Å²) in [7, 11) is -3.68. The van der Waals surface area contributed by atoms with Crippen LogP contribution < -0.4 is 5.32 Å². The average molecular weight is 457 g/mol. The molecule has 1 saturated heterocycles. The Balaban J connectivity index is 1.59. The first kappa shape index (κ1) is 22.4. The number of H-pyrrole nitrogens is 1. The maximum absolute atomic E-state index is 13.1.